The first-order valence-electron chi connectivity index (χ1n) is 7.75. The summed E-state index contributed by atoms with van der Waals surface area (Å²) in [4.78, 5) is 13.6. The topological polar surface area (TPSA) is 48.0 Å². The summed E-state index contributed by atoms with van der Waals surface area (Å²) < 4.78 is 15.5. The van der Waals surface area contributed by atoms with E-state index in [2.05, 4.69) is 4.90 Å². The van der Waals surface area contributed by atoms with Gasteiger partial charge in [-0.1, -0.05) is 12.1 Å². The first-order chi connectivity index (χ1) is 11.6. The fraction of sp³-hybridized carbons (Fsp3) is 0.316. The van der Waals surface area contributed by atoms with Gasteiger partial charge in [0.1, 0.15) is 18.1 Å². The molecule has 128 valence electrons. The van der Waals surface area contributed by atoms with E-state index >= 15 is 0 Å². The van der Waals surface area contributed by atoms with Gasteiger partial charge in [-0.15, -0.1) is 0 Å². The summed E-state index contributed by atoms with van der Waals surface area (Å²) in [5.41, 5.74) is 1.70. The van der Waals surface area contributed by atoms with Crippen LogP contribution in [0.1, 0.15) is 15.9 Å². The van der Waals surface area contributed by atoms with Gasteiger partial charge in [-0.05, 0) is 49.0 Å². The molecule has 0 spiro atoms. The van der Waals surface area contributed by atoms with Crippen molar-refractivity contribution in [1.82, 2.24) is 4.90 Å². The van der Waals surface area contributed by atoms with Crippen LogP contribution in [-0.2, 0) is 11.3 Å². The van der Waals surface area contributed by atoms with Crippen LogP contribution in [0.3, 0.4) is 0 Å². The van der Waals surface area contributed by atoms with Crippen molar-refractivity contribution in [1.29, 1.82) is 0 Å². The van der Waals surface area contributed by atoms with E-state index in [9.17, 15) is 4.79 Å². The largest absolute Gasteiger partial charge is 0.497 e. The van der Waals surface area contributed by atoms with Gasteiger partial charge in [-0.25, -0.2) is 4.79 Å². The molecule has 2 aromatic carbocycles. The molecular formula is C19H23NO4. The van der Waals surface area contributed by atoms with E-state index in [1.54, 1.807) is 19.2 Å². The number of methoxy groups -OCH3 is 2. The molecule has 0 atom stereocenters. The van der Waals surface area contributed by atoms with Crippen LogP contribution in [-0.4, -0.2) is 45.3 Å². The molecule has 0 N–H and O–H groups in total. The zero-order chi connectivity index (χ0) is 17.4. The highest BCUT2D eigenvalue weighted by atomic mass is 16.5. The molecule has 0 bridgehead atoms. The summed E-state index contributed by atoms with van der Waals surface area (Å²) in [6, 6.07) is 15.0. The Morgan fingerprint density at radius 3 is 2.17 bits per heavy atom. The molecule has 0 fully saturated rings. The Kier molecular flexibility index (Phi) is 6.63. The number of likely N-dealkylation sites (N-methyl/N-ethyl adjacent to an activating group) is 1. The smallest absolute Gasteiger partial charge is 0.337 e. The lowest BCUT2D eigenvalue weighted by atomic mass is 10.1. The van der Waals surface area contributed by atoms with Crippen LogP contribution in [0.25, 0.3) is 0 Å². The molecule has 0 aliphatic rings. The second-order valence-corrected chi connectivity index (χ2v) is 5.45. The van der Waals surface area contributed by atoms with Gasteiger partial charge in [0.05, 0.1) is 19.8 Å². The lowest BCUT2D eigenvalue weighted by Crippen LogP contribution is -2.23. The van der Waals surface area contributed by atoms with E-state index in [0.717, 1.165) is 30.2 Å². The van der Waals surface area contributed by atoms with Gasteiger partial charge in [0, 0.05) is 13.1 Å². The molecule has 0 heterocycles. The third-order valence-electron chi connectivity index (χ3n) is 3.63. The zero-order valence-corrected chi connectivity index (χ0v) is 14.3. The molecular weight excluding hydrogens is 306 g/mol. The molecule has 0 radical (unpaired) electrons. The van der Waals surface area contributed by atoms with Crippen molar-refractivity contribution < 1.29 is 19.0 Å². The van der Waals surface area contributed by atoms with Gasteiger partial charge in [0.2, 0.25) is 0 Å². The van der Waals surface area contributed by atoms with Crippen molar-refractivity contribution >= 4 is 5.97 Å². The van der Waals surface area contributed by atoms with Gasteiger partial charge in [-0.2, -0.15) is 0 Å². The number of carbonyl (C=O) groups is 1. The number of benzene rings is 2. The molecule has 2 aromatic rings. The number of rotatable bonds is 8. The van der Waals surface area contributed by atoms with Crippen molar-refractivity contribution in [3.8, 4) is 11.5 Å². The van der Waals surface area contributed by atoms with Crippen LogP contribution in [0.15, 0.2) is 48.5 Å². The second-order valence-electron chi connectivity index (χ2n) is 5.45. The number of carbonyl (C=O) groups excluding carboxylic acids is 1. The molecule has 0 saturated heterocycles. The van der Waals surface area contributed by atoms with Crippen molar-refractivity contribution in [3.63, 3.8) is 0 Å². The third kappa shape index (κ3) is 5.28. The van der Waals surface area contributed by atoms with Crippen LogP contribution in [0.5, 0.6) is 11.5 Å². The molecule has 24 heavy (non-hydrogen) atoms. The lowest BCUT2D eigenvalue weighted by molar-refractivity contribution is 0.0600. The summed E-state index contributed by atoms with van der Waals surface area (Å²) in [6.07, 6.45) is 0. The standard InChI is InChI=1S/C19H23NO4/c1-20(12-13-24-18-10-8-17(22-2)9-11-18)14-15-4-6-16(7-5-15)19(21)23-3/h4-11H,12-14H2,1-3H3. The quantitative estimate of drug-likeness (QED) is 0.697. The Hall–Kier alpha value is -2.53. The van der Waals surface area contributed by atoms with Crippen LogP contribution >= 0.6 is 0 Å². The average Bonchev–Trinajstić information content (AvgIpc) is 2.62. The molecule has 0 saturated carbocycles. The molecule has 5 heteroatoms. The van der Waals surface area contributed by atoms with E-state index in [-0.39, 0.29) is 5.97 Å². The highest BCUT2D eigenvalue weighted by molar-refractivity contribution is 5.89. The second kappa shape index (κ2) is 8.93. The maximum Gasteiger partial charge on any atom is 0.337 e. The Labute approximate surface area is 142 Å². The van der Waals surface area contributed by atoms with E-state index in [1.807, 2.05) is 43.4 Å². The Morgan fingerprint density at radius 2 is 1.58 bits per heavy atom. The first kappa shape index (κ1) is 17.8. The zero-order valence-electron chi connectivity index (χ0n) is 14.3. The highest BCUT2D eigenvalue weighted by Crippen LogP contribution is 2.17. The SMILES string of the molecule is COC(=O)c1ccc(CN(C)CCOc2ccc(OC)cc2)cc1. The van der Waals surface area contributed by atoms with Crippen LogP contribution in [0.4, 0.5) is 0 Å². The lowest BCUT2D eigenvalue weighted by Gasteiger charge is -2.17. The maximum atomic E-state index is 11.4. The minimum absolute atomic E-state index is 0.317. The fourth-order valence-corrected chi connectivity index (χ4v) is 2.25. The summed E-state index contributed by atoms with van der Waals surface area (Å²) in [5, 5.41) is 0. The van der Waals surface area contributed by atoms with Gasteiger partial charge in [0.25, 0.3) is 0 Å². The third-order valence-corrected chi connectivity index (χ3v) is 3.63. The van der Waals surface area contributed by atoms with Gasteiger partial charge < -0.3 is 14.2 Å². The van der Waals surface area contributed by atoms with Crippen molar-refractivity contribution in [2.45, 2.75) is 6.54 Å². The Balaban J connectivity index is 1.76. The van der Waals surface area contributed by atoms with Gasteiger partial charge in [0.15, 0.2) is 0 Å². The van der Waals surface area contributed by atoms with Crippen LogP contribution in [0, 0.1) is 0 Å². The highest BCUT2D eigenvalue weighted by Gasteiger charge is 2.06. The number of nitrogens with zero attached hydrogens (tertiary/aromatic N) is 1. The van der Waals surface area contributed by atoms with Crippen molar-refractivity contribution in [2.24, 2.45) is 0 Å². The molecule has 0 aromatic heterocycles. The van der Waals surface area contributed by atoms with E-state index in [4.69, 9.17) is 14.2 Å². The monoisotopic (exact) mass is 329 g/mol. The van der Waals surface area contributed by atoms with Crippen molar-refractivity contribution in [3.05, 3.63) is 59.7 Å². The summed E-state index contributed by atoms with van der Waals surface area (Å²) in [5.74, 6) is 1.32. The molecule has 5 nitrogen and oxygen atoms in total. The van der Waals surface area contributed by atoms with E-state index in [0.29, 0.717) is 12.2 Å². The Morgan fingerprint density at radius 1 is 0.958 bits per heavy atom. The fourth-order valence-electron chi connectivity index (χ4n) is 2.25. The number of hydrogen-bond acceptors (Lipinski definition) is 5. The molecule has 0 unspecified atom stereocenters. The molecule has 0 aliphatic carbocycles. The average molecular weight is 329 g/mol. The van der Waals surface area contributed by atoms with E-state index in [1.165, 1.54) is 7.11 Å². The van der Waals surface area contributed by atoms with Crippen molar-refractivity contribution in [2.75, 3.05) is 34.4 Å². The van der Waals surface area contributed by atoms with Crippen LogP contribution < -0.4 is 9.47 Å². The summed E-state index contributed by atoms with van der Waals surface area (Å²) in [6.45, 7) is 2.18. The first-order valence-corrected chi connectivity index (χ1v) is 7.75. The number of hydrogen-bond donors (Lipinski definition) is 0. The minimum Gasteiger partial charge on any atom is -0.497 e. The predicted octanol–water partition coefficient (Wildman–Crippen LogP) is 2.99. The maximum absolute atomic E-state index is 11.4. The van der Waals surface area contributed by atoms with Gasteiger partial charge >= 0.3 is 5.97 Å². The van der Waals surface area contributed by atoms with E-state index < -0.39 is 0 Å². The number of esters is 1. The van der Waals surface area contributed by atoms with Gasteiger partial charge in [-0.3, -0.25) is 4.90 Å². The molecule has 2 rings (SSSR count). The number of ether oxygens (including phenoxy) is 3. The predicted molar refractivity (Wildman–Crippen MR) is 92.6 cm³/mol. The summed E-state index contributed by atoms with van der Waals surface area (Å²) >= 11 is 0. The molecule has 0 amide bonds. The normalized spacial score (nSPS) is 10.5. The molecule has 0 aliphatic heterocycles. The summed E-state index contributed by atoms with van der Waals surface area (Å²) in [7, 11) is 5.06. The Bertz CT molecular complexity index is 637. The van der Waals surface area contributed by atoms with Crippen LogP contribution in [0.2, 0.25) is 0 Å². The minimum atomic E-state index is -0.317.